The van der Waals surface area contributed by atoms with Crippen LogP contribution in [0, 0.1) is 5.41 Å². The molecule has 0 bridgehead atoms. The maximum absolute atomic E-state index is 12.9. The van der Waals surface area contributed by atoms with E-state index in [2.05, 4.69) is 0 Å². The number of nitrogens with two attached hydrogens (primary N) is 1. The molecule has 0 unspecified atom stereocenters. The maximum atomic E-state index is 12.9. The molecule has 1 aliphatic heterocycles. The molecule has 2 rings (SSSR count). The largest absolute Gasteiger partial charge is 0.436 e. The van der Waals surface area contributed by atoms with Crippen LogP contribution in [0.5, 0.6) is 0 Å². The lowest BCUT2D eigenvalue weighted by molar-refractivity contribution is -0.142. The zero-order chi connectivity index (χ0) is 21.1. The van der Waals surface area contributed by atoms with Crippen LogP contribution < -0.4 is 10.6 Å². The molecule has 6 nitrogen and oxygen atoms in total. The third-order valence-corrected chi connectivity index (χ3v) is 4.46. The minimum atomic E-state index is -4.40. The molecule has 0 radical (unpaired) electrons. The second kappa shape index (κ2) is 8.28. The third kappa shape index (κ3) is 6.03. The predicted molar refractivity (Wildman–Crippen MR) is 98.8 cm³/mol. The summed E-state index contributed by atoms with van der Waals surface area (Å²) in [6.07, 6.45) is -6.06. The lowest BCUT2D eigenvalue weighted by Crippen LogP contribution is -2.53. The number of hydrogen-bond acceptors (Lipinski definition) is 4. The minimum absolute atomic E-state index is 0.254. The Hall–Kier alpha value is -2.45. The SMILES string of the molecule is CC(C)(C)C[C@@H](OC(N)=O)C(=O)N1CCN(c2cccc(C(F)(F)F)c2)CC1. The normalized spacial score (nSPS) is 16.6. The van der Waals surface area contributed by atoms with Crippen LogP contribution in [0.25, 0.3) is 0 Å². The number of benzene rings is 1. The molecule has 0 aromatic heterocycles. The zero-order valence-corrected chi connectivity index (χ0v) is 16.3. The van der Waals surface area contributed by atoms with Gasteiger partial charge >= 0.3 is 12.3 Å². The average Bonchev–Trinajstić information content (AvgIpc) is 2.58. The zero-order valence-electron chi connectivity index (χ0n) is 16.3. The molecule has 1 atom stereocenters. The van der Waals surface area contributed by atoms with Crippen molar-refractivity contribution in [3.63, 3.8) is 0 Å². The number of carbonyl (C=O) groups is 2. The van der Waals surface area contributed by atoms with Crippen molar-refractivity contribution < 1.29 is 27.5 Å². The van der Waals surface area contributed by atoms with E-state index >= 15 is 0 Å². The van der Waals surface area contributed by atoms with E-state index in [1.54, 1.807) is 15.9 Å². The number of primary amides is 1. The smallest absolute Gasteiger partial charge is 0.416 e. The molecule has 1 saturated heterocycles. The van der Waals surface area contributed by atoms with Crippen LogP contribution in [0.4, 0.5) is 23.7 Å². The Bertz CT molecular complexity index is 708. The molecule has 156 valence electrons. The lowest BCUT2D eigenvalue weighted by atomic mass is 9.88. The summed E-state index contributed by atoms with van der Waals surface area (Å²) in [5.74, 6) is -0.336. The van der Waals surface area contributed by atoms with Crippen molar-refractivity contribution in [1.82, 2.24) is 4.90 Å². The van der Waals surface area contributed by atoms with E-state index in [0.717, 1.165) is 12.1 Å². The molecule has 2 amide bonds. The van der Waals surface area contributed by atoms with Gasteiger partial charge in [0, 0.05) is 31.9 Å². The molecule has 1 aromatic carbocycles. The number of halogens is 3. The summed E-state index contributed by atoms with van der Waals surface area (Å²) >= 11 is 0. The first kappa shape index (κ1) is 21.8. The first-order valence-electron chi connectivity index (χ1n) is 9.04. The third-order valence-electron chi connectivity index (χ3n) is 4.46. The van der Waals surface area contributed by atoms with E-state index in [4.69, 9.17) is 10.5 Å². The average molecular weight is 401 g/mol. The van der Waals surface area contributed by atoms with Crippen LogP contribution in [0.15, 0.2) is 24.3 Å². The van der Waals surface area contributed by atoms with Crippen molar-refractivity contribution in [2.75, 3.05) is 31.1 Å². The highest BCUT2D eigenvalue weighted by Gasteiger charge is 2.34. The van der Waals surface area contributed by atoms with Gasteiger partial charge in [0.15, 0.2) is 6.10 Å². The number of piperazine rings is 1. The molecular formula is C19H26F3N3O3. The highest BCUT2D eigenvalue weighted by atomic mass is 19.4. The molecule has 1 aromatic rings. The fourth-order valence-corrected chi connectivity index (χ4v) is 3.14. The first-order valence-corrected chi connectivity index (χ1v) is 9.04. The molecule has 2 N–H and O–H groups in total. The molecular weight excluding hydrogens is 375 g/mol. The van der Waals surface area contributed by atoms with Crippen molar-refractivity contribution in [1.29, 1.82) is 0 Å². The topological polar surface area (TPSA) is 75.9 Å². The van der Waals surface area contributed by atoms with Crippen molar-refractivity contribution in [3.05, 3.63) is 29.8 Å². The van der Waals surface area contributed by atoms with Crippen molar-refractivity contribution in [3.8, 4) is 0 Å². The standard InChI is InChI=1S/C19H26F3N3O3/c1-18(2,3)12-15(28-17(23)27)16(26)25-9-7-24(8-10-25)14-6-4-5-13(11-14)19(20,21)22/h4-6,11,15H,7-10,12H2,1-3H3,(H2,23,27)/t15-/m1/s1. The Balaban J connectivity index is 2.04. The Kier molecular flexibility index (Phi) is 6.46. The minimum Gasteiger partial charge on any atom is -0.436 e. The molecule has 1 fully saturated rings. The number of anilines is 1. The molecule has 28 heavy (non-hydrogen) atoms. The Morgan fingerprint density at radius 3 is 2.25 bits per heavy atom. The van der Waals surface area contributed by atoms with Crippen LogP contribution in [0.2, 0.25) is 0 Å². The van der Waals surface area contributed by atoms with Gasteiger partial charge in [-0.3, -0.25) is 4.79 Å². The summed E-state index contributed by atoms with van der Waals surface area (Å²) in [6, 6.07) is 5.12. The number of amides is 2. The van der Waals surface area contributed by atoms with E-state index in [9.17, 15) is 22.8 Å². The van der Waals surface area contributed by atoms with Gasteiger partial charge in [0.05, 0.1) is 5.56 Å². The van der Waals surface area contributed by atoms with Gasteiger partial charge in [0.2, 0.25) is 0 Å². The summed E-state index contributed by atoms with van der Waals surface area (Å²) in [5, 5.41) is 0. The number of ether oxygens (including phenoxy) is 1. The maximum Gasteiger partial charge on any atom is 0.416 e. The van der Waals surface area contributed by atoms with Gasteiger partial charge in [0.1, 0.15) is 0 Å². The number of alkyl halides is 3. The summed E-state index contributed by atoms with van der Waals surface area (Å²) < 4.78 is 43.7. The fourth-order valence-electron chi connectivity index (χ4n) is 3.14. The van der Waals surface area contributed by atoms with Gasteiger partial charge in [-0.25, -0.2) is 4.79 Å². The van der Waals surface area contributed by atoms with Crippen LogP contribution in [0.3, 0.4) is 0 Å². The van der Waals surface area contributed by atoms with Crippen molar-refractivity contribution >= 4 is 17.7 Å². The van der Waals surface area contributed by atoms with Gasteiger partial charge in [-0.2, -0.15) is 13.2 Å². The molecule has 1 aliphatic rings. The Morgan fingerprint density at radius 1 is 1.14 bits per heavy atom. The second-order valence-electron chi connectivity index (χ2n) is 8.05. The first-order chi connectivity index (χ1) is 12.9. The molecule has 9 heteroatoms. The lowest BCUT2D eigenvalue weighted by Gasteiger charge is -2.38. The van der Waals surface area contributed by atoms with Crippen LogP contribution in [-0.2, 0) is 15.7 Å². The van der Waals surface area contributed by atoms with E-state index in [1.165, 1.54) is 6.07 Å². The summed E-state index contributed by atoms with van der Waals surface area (Å²) in [6.45, 7) is 7.16. The Labute approximate surface area is 162 Å². The Morgan fingerprint density at radius 2 is 1.75 bits per heavy atom. The second-order valence-corrected chi connectivity index (χ2v) is 8.05. The number of hydrogen-bond donors (Lipinski definition) is 1. The van der Waals surface area contributed by atoms with Gasteiger partial charge in [-0.05, 0) is 30.0 Å². The van der Waals surface area contributed by atoms with Crippen LogP contribution in [0.1, 0.15) is 32.8 Å². The fraction of sp³-hybridized carbons (Fsp3) is 0.579. The summed E-state index contributed by atoms with van der Waals surface area (Å²) in [7, 11) is 0. The van der Waals surface area contributed by atoms with Gasteiger partial charge in [-0.15, -0.1) is 0 Å². The molecule has 1 heterocycles. The number of rotatable bonds is 4. The van der Waals surface area contributed by atoms with Gasteiger partial charge in [0.25, 0.3) is 5.91 Å². The molecule has 0 spiro atoms. The summed E-state index contributed by atoms with van der Waals surface area (Å²) in [5.41, 5.74) is 4.60. The van der Waals surface area contributed by atoms with Crippen molar-refractivity contribution in [2.45, 2.75) is 39.5 Å². The van der Waals surface area contributed by atoms with E-state index in [-0.39, 0.29) is 11.3 Å². The molecule has 0 saturated carbocycles. The molecule has 0 aliphatic carbocycles. The van der Waals surface area contributed by atoms with Gasteiger partial charge in [-0.1, -0.05) is 26.8 Å². The highest BCUT2D eigenvalue weighted by molar-refractivity contribution is 5.83. The van der Waals surface area contributed by atoms with E-state index in [0.29, 0.717) is 38.3 Å². The number of nitrogens with zero attached hydrogens (tertiary/aromatic N) is 2. The van der Waals surface area contributed by atoms with E-state index in [1.807, 2.05) is 20.8 Å². The van der Waals surface area contributed by atoms with Crippen molar-refractivity contribution in [2.24, 2.45) is 11.1 Å². The predicted octanol–water partition coefficient (Wildman–Crippen LogP) is 3.25. The van der Waals surface area contributed by atoms with Crippen LogP contribution in [-0.4, -0.2) is 49.2 Å². The van der Waals surface area contributed by atoms with Gasteiger partial charge < -0.3 is 20.3 Å². The highest BCUT2D eigenvalue weighted by Crippen LogP contribution is 2.32. The van der Waals surface area contributed by atoms with Crippen LogP contribution >= 0.6 is 0 Å². The van der Waals surface area contributed by atoms with E-state index < -0.39 is 23.9 Å². The number of carbonyl (C=O) groups excluding carboxylic acids is 2. The quantitative estimate of drug-likeness (QED) is 0.840. The summed E-state index contributed by atoms with van der Waals surface area (Å²) in [4.78, 5) is 27.3. The monoisotopic (exact) mass is 401 g/mol.